The summed E-state index contributed by atoms with van der Waals surface area (Å²) in [6.07, 6.45) is 0. The number of nitrogens with one attached hydrogen (secondary N) is 2. The molecule has 3 rings (SSSR count). The van der Waals surface area contributed by atoms with Gasteiger partial charge in [-0.3, -0.25) is 10.2 Å². The van der Waals surface area contributed by atoms with Gasteiger partial charge in [0.25, 0.3) is 5.91 Å². The van der Waals surface area contributed by atoms with Gasteiger partial charge in [0.1, 0.15) is 0 Å². The number of amides is 1. The summed E-state index contributed by atoms with van der Waals surface area (Å²) in [5, 5.41) is 3.51. The van der Waals surface area contributed by atoms with E-state index in [0.717, 1.165) is 20.4 Å². The first kappa shape index (κ1) is 14.0. The second-order valence-electron chi connectivity index (χ2n) is 4.31. The lowest BCUT2D eigenvalue weighted by molar-refractivity contribution is 0.102. The van der Waals surface area contributed by atoms with Crippen molar-refractivity contribution in [3.05, 3.63) is 52.5 Å². The smallest absolute Gasteiger partial charge is 0.255 e. The fourth-order valence-electron chi connectivity index (χ4n) is 1.90. The number of nitrogens with zero attached hydrogens (tertiary/aromatic N) is 1. The van der Waals surface area contributed by atoms with Gasteiger partial charge < -0.3 is 5.32 Å². The van der Waals surface area contributed by atoms with Gasteiger partial charge in [-0.2, -0.15) is 0 Å². The molecule has 0 fully saturated rings. The lowest BCUT2D eigenvalue weighted by Crippen LogP contribution is -2.11. The lowest BCUT2D eigenvalue weighted by atomic mass is 10.2. The van der Waals surface area contributed by atoms with Crippen LogP contribution in [0, 0.1) is 0 Å². The van der Waals surface area contributed by atoms with Crippen LogP contribution in [0.5, 0.6) is 0 Å². The molecule has 0 saturated heterocycles. The second kappa shape index (κ2) is 5.80. The Morgan fingerprint density at radius 2 is 2.10 bits per heavy atom. The predicted octanol–water partition coefficient (Wildman–Crippen LogP) is 3.60. The molecule has 5 nitrogen and oxygen atoms in total. The molecule has 0 aliphatic carbocycles. The maximum Gasteiger partial charge on any atom is 0.255 e. The molecule has 0 unspecified atom stereocenters. The third-order valence-corrected chi connectivity index (χ3v) is 4.30. The molecule has 0 bridgehead atoms. The number of hydrogen-bond donors (Lipinski definition) is 3. The lowest BCUT2D eigenvalue weighted by Gasteiger charge is -2.05. The number of fused-ring (bicyclic) bond motifs is 1. The average Bonchev–Trinajstić information content (AvgIpc) is 2.89. The molecule has 2 aromatic carbocycles. The minimum absolute atomic E-state index is 0.155. The highest BCUT2D eigenvalue weighted by Crippen LogP contribution is 2.28. The Labute approximate surface area is 133 Å². The van der Waals surface area contributed by atoms with Crippen molar-refractivity contribution in [2.75, 3.05) is 10.7 Å². The highest BCUT2D eigenvalue weighted by atomic mass is 79.9. The standard InChI is InChI=1S/C14H11BrN4OS/c15-9-3-1-2-8(6-9)13(20)17-10-4-5-11-12(7-10)21-14(18-11)19-16/h1-7H,16H2,(H,17,20)(H,18,19). The van der Waals surface area contributed by atoms with E-state index in [9.17, 15) is 4.79 Å². The number of benzene rings is 2. The quantitative estimate of drug-likeness (QED) is 0.491. The van der Waals surface area contributed by atoms with Crippen molar-refractivity contribution < 1.29 is 4.79 Å². The van der Waals surface area contributed by atoms with Crippen LogP contribution in [-0.2, 0) is 0 Å². The number of carbonyl (C=O) groups excluding carboxylic acids is 1. The number of halogens is 1. The summed E-state index contributed by atoms with van der Waals surface area (Å²) >= 11 is 4.78. The highest BCUT2D eigenvalue weighted by molar-refractivity contribution is 9.10. The minimum atomic E-state index is -0.155. The molecular formula is C14H11BrN4OS. The predicted molar refractivity (Wildman–Crippen MR) is 89.5 cm³/mol. The zero-order valence-corrected chi connectivity index (χ0v) is 13.2. The molecule has 7 heteroatoms. The van der Waals surface area contributed by atoms with Crippen LogP contribution in [0.2, 0.25) is 0 Å². The van der Waals surface area contributed by atoms with Gasteiger partial charge in [-0.25, -0.2) is 10.8 Å². The zero-order chi connectivity index (χ0) is 14.8. The van der Waals surface area contributed by atoms with Crippen LogP contribution in [0.15, 0.2) is 46.9 Å². The SMILES string of the molecule is NNc1nc2ccc(NC(=O)c3cccc(Br)c3)cc2s1. The van der Waals surface area contributed by atoms with Crippen molar-refractivity contribution >= 4 is 54.2 Å². The van der Waals surface area contributed by atoms with E-state index in [1.54, 1.807) is 12.1 Å². The molecule has 0 radical (unpaired) electrons. The van der Waals surface area contributed by atoms with E-state index >= 15 is 0 Å². The van der Waals surface area contributed by atoms with Crippen LogP contribution in [0.3, 0.4) is 0 Å². The van der Waals surface area contributed by atoms with Crippen molar-refractivity contribution in [2.24, 2.45) is 5.84 Å². The number of nitrogen functional groups attached to an aromatic ring is 1. The van der Waals surface area contributed by atoms with Gasteiger partial charge in [0.05, 0.1) is 10.2 Å². The third kappa shape index (κ3) is 3.05. The molecule has 0 atom stereocenters. The molecule has 1 amide bonds. The Balaban J connectivity index is 1.85. The molecule has 3 aromatic rings. The van der Waals surface area contributed by atoms with E-state index < -0.39 is 0 Å². The normalized spacial score (nSPS) is 10.6. The maximum atomic E-state index is 12.2. The topological polar surface area (TPSA) is 80.0 Å². The highest BCUT2D eigenvalue weighted by Gasteiger charge is 2.08. The fraction of sp³-hybridized carbons (Fsp3) is 0. The van der Waals surface area contributed by atoms with Crippen LogP contribution >= 0.6 is 27.3 Å². The number of nitrogens with two attached hydrogens (primary N) is 1. The summed E-state index contributed by atoms with van der Waals surface area (Å²) in [6.45, 7) is 0. The van der Waals surface area contributed by atoms with Gasteiger partial charge in [-0.05, 0) is 36.4 Å². The first-order valence-electron chi connectivity index (χ1n) is 6.10. The molecule has 0 saturated carbocycles. The Morgan fingerprint density at radius 3 is 2.86 bits per heavy atom. The number of carbonyl (C=O) groups is 1. The van der Waals surface area contributed by atoms with Crippen LogP contribution in [-0.4, -0.2) is 10.9 Å². The van der Waals surface area contributed by atoms with E-state index in [1.165, 1.54) is 11.3 Å². The number of thiazole rings is 1. The molecule has 1 aromatic heterocycles. The Bertz CT molecular complexity index is 818. The van der Waals surface area contributed by atoms with Gasteiger partial charge in [0.15, 0.2) is 5.13 Å². The Kier molecular flexibility index (Phi) is 3.87. The summed E-state index contributed by atoms with van der Waals surface area (Å²) in [7, 11) is 0. The van der Waals surface area contributed by atoms with Crippen LogP contribution in [0.25, 0.3) is 10.2 Å². The van der Waals surface area contributed by atoms with Gasteiger partial charge in [-0.15, -0.1) is 0 Å². The van der Waals surface area contributed by atoms with Crippen LogP contribution < -0.4 is 16.6 Å². The van der Waals surface area contributed by atoms with Gasteiger partial charge in [-0.1, -0.05) is 33.3 Å². The van der Waals surface area contributed by atoms with Gasteiger partial charge in [0.2, 0.25) is 0 Å². The number of rotatable bonds is 3. The van der Waals surface area contributed by atoms with Crippen LogP contribution in [0.1, 0.15) is 10.4 Å². The maximum absolute atomic E-state index is 12.2. The number of anilines is 2. The monoisotopic (exact) mass is 362 g/mol. The molecule has 106 valence electrons. The molecule has 21 heavy (non-hydrogen) atoms. The first-order valence-corrected chi connectivity index (χ1v) is 7.71. The Morgan fingerprint density at radius 1 is 1.24 bits per heavy atom. The minimum Gasteiger partial charge on any atom is -0.322 e. The van der Waals surface area contributed by atoms with Crippen molar-refractivity contribution in [3.8, 4) is 0 Å². The van der Waals surface area contributed by atoms with E-state index in [4.69, 9.17) is 5.84 Å². The first-order chi connectivity index (χ1) is 10.2. The molecule has 1 heterocycles. The van der Waals surface area contributed by atoms with Crippen LogP contribution in [0.4, 0.5) is 10.8 Å². The summed E-state index contributed by atoms with van der Waals surface area (Å²) in [5.41, 5.74) is 4.68. The summed E-state index contributed by atoms with van der Waals surface area (Å²) in [5.74, 6) is 5.19. The van der Waals surface area contributed by atoms with E-state index in [-0.39, 0.29) is 5.91 Å². The Hall–Kier alpha value is -1.96. The third-order valence-electron chi connectivity index (χ3n) is 2.86. The average molecular weight is 363 g/mol. The van der Waals surface area contributed by atoms with Gasteiger partial charge >= 0.3 is 0 Å². The van der Waals surface area contributed by atoms with Crippen molar-refractivity contribution in [1.29, 1.82) is 0 Å². The van der Waals surface area contributed by atoms with Gasteiger partial charge in [0, 0.05) is 15.7 Å². The number of hydrazine groups is 1. The molecule has 0 aliphatic rings. The van der Waals surface area contributed by atoms with E-state index in [1.807, 2.05) is 30.3 Å². The summed E-state index contributed by atoms with van der Waals surface area (Å²) < 4.78 is 1.82. The molecule has 0 spiro atoms. The van der Waals surface area contributed by atoms with Crippen molar-refractivity contribution in [3.63, 3.8) is 0 Å². The number of aromatic nitrogens is 1. The second-order valence-corrected chi connectivity index (χ2v) is 6.26. The summed E-state index contributed by atoms with van der Waals surface area (Å²) in [6, 6.07) is 12.8. The van der Waals surface area contributed by atoms with E-state index in [2.05, 4.69) is 31.7 Å². The largest absolute Gasteiger partial charge is 0.322 e. The van der Waals surface area contributed by atoms with E-state index in [0.29, 0.717) is 10.7 Å². The molecular weight excluding hydrogens is 352 g/mol. The fourth-order valence-corrected chi connectivity index (χ4v) is 3.11. The van der Waals surface area contributed by atoms with Crippen molar-refractivity contribution in [2.45, 2.75) is 0 Å². The zero-order valence-electron chi connectivity index (χ0n) is 10.8. The number of hydrogen-bond acceptors (Lipinski definition) is 5. The molecule has 0 aliphatic heterocycles. The van der Waals surface area contributed by atoms with Crippen molar-refractivity contribution in [1.82, 2.24) is 4.98 Å². The molecule has 4 N–H and O–H groups in total. The summed E-state index contributed by atoms with van der Waals surface area (Å²) in [4.78, 5) is 16.5.